The van der Waals surface area contributed by atoms with Crippen molar-refractivity contribution in [3.05, 3.63) is 29.8 Å². The quantitative estimate of drug-likeness (QED) is 0.822. The molecule has 2 N–H and O–H groups in total. The molecule has 2 nitrogen and oxygen atoms in total. The smallest absolute Gasteiger partial charge is 0.122 e. The van der Waals surface area contributed by atoms with Gasteiger partial charge in [0, 0.05) is 0 Å². The summed E-state index contributed by atoms with van der Waals surface area (Å²) in [7, 11) is 1.73. The number of methoxy groups -OCH3 is 1. The number of ether oxygens (including phenoxy) is 1. The summed E-state index contributed by atoms with van der Waals surface area (Å²) in [6.45, 7) is 5.32. The third-order valence-electron chi connectivity index (χ3n) is 3.78. The van der Waals surface area contributed by atoms with Gasteiger partial charge in [0.15, 0.2) is 0 Å². The average Bonchev–Trinajstić information content (AvgIpc) is 2.80. The van der Waals surface area contributed by atoms with E-state index in [1.54, 1.807) is 7.11 Å². The van der Waals surface area contributed by atoms with Gasteiger partial charge >= 0.3 is 0 Å². The first kappa shape index (κ1) is 10.5. The molecule has 0 bridgehead atoms. The predicted octanol–water partition coefficient (Wildman–Crippen LogP) is 2.39. The molecule has 2 atom stereocenters. The molecule has 0 radical (unpaired) electrons. The van der Waals surface area contributed by atoms with Crippen molar-refractivity contribution in [1.82, 2.24) is 0 Å². The summed E-state index contributed by atoms with van der Waals surface area (Å²) in [6.07, 6.45) is 0. The van der Waals surface area contributed by atoms with Crippen LogP contribution in [0.4, 0.5) is 0 Å². The third kappa shape index (κ3) is 1.53. The maximum absolute atomic E-state index is 5.79. The zero-order chi connectivity index (χ0) is 11.1. The van der Waals surface area contributed by atoms with Gasteiger partial charge in [0.1, 0.15) is 5.75 Å². The zero-order valence-corrected chi connectivity index (χ0v) is 9.66. The van der Waals surface area contributed by atoms with Crippen LogP contribution in [0.2, 0.25) is 0 Å². The molecular weight excluding hydrogens is 186 g/mol. The lowest BCUT2D eigenvalue weighted by Gasteiger charge is -2.08. The molecule has 1 aliphatic carbocycles. The maximum atomic E-state index is 5.79. The fraction of sp³-hybridized carbons (Fsp3) is 0.538. The second-order valence-electron chi connectivity index (χ2n) is 4.88. The van der Waals surface area contributed by atoms with Gasteiger partial charge in [-0.1, -0.05) is 32.0 Å². The van der Waals surface area contributed by atoms with Crippen LogP contribution in [0, 0.1) is 11.3 Å². The molecule has 2 unspecified atom stereocenters. The number of benzene rings is 1. The fourth-order valence-electron chi connectivity index (χ4n) is 2.72. The summed E-state index contributed by atoms with van der Waals surface area (Å²) in [5.41, 5.74) is 7.42. The lowest BCUT2D eigenvalue weighted by Crippen LogP contribution is -2.05. The highest BCUT2D eigenvalue weighted by atomic mass is 16.5. The van der Waals surface area contributed by atoms with E-state index >= 15 is 0 Å². The Kier molecular flexibility index (Phi) is 2.47. The normalized spacial score (nSPS) is 27.5. The second-order valence-corrected chi connectivity index (χ2v) is 4.88. The van der Waals surface area contributed by atoms with Gasteiger partial charge in [-0.3, -0.25) is 0 Å². The molecule has 1 saturated carbocycles. The van der Waals surface area contributed by atoms with E-state index < -0.39 is 0 Å². The first-order valence-corrected chi connectivity index (χ1v) is 5.46. The van der Waals surface area contributed by atoms with Gasteiger partial charge < -0.3 is 10.5 Å². The van der Waals surface area contributed by atoms with Gasteiger partial charge in [0.05, 0.1) is 7.11 Å². The summed E-state index contributed by atoms with van der Waals surface area (Å²) in [4.78, 5) is 0. The van der Waals surface area contributed by atoms with E-state index in [-0.39, 0.29) is 0 Å². The Balaban J connectivity index is 2.32. The standard InChI is InChI=1S/C13H19NO/c1-13(2)10(8-14)12(13)9-6-4-5-7-11(9)15-3/h4-7,10,12H,8,14H2,1-3H3. The Labute approximate surface area is 91.4 Å². The Bertz CT molecular complexity index is 359. The number of hydrogen-bond donors (Lipinski definition) is 1. The fourth-order valence-corrected chi connectivity index (χ4v) is 2.72. The first-order valence-electron chi connectivity index (χ1n) is 5.46. The van der Waals surface area contributed by atoms with Crippen LogP contribution in [0.3, 0.4) is 0 Å². The molecule has 0 amide bonds. The summed E-state index contributed by atoms with van der Waals surface area (Å²) in [5.74, 6) is 2.14. The molecule has 15 heavy (non-hydrogen) atoms. The molecule has 0 aromatic heterocycles. The molecule has 82 valence electrons. The molecule has 0 spiro atoms. The Morgan fingerprint density at radius 1 is 1.33 bits per heavy atom. The predicted molar refractivity (Wildman–Crippen MR) is 62.1 cm³/mol. The third-order valence-corrected chi connectivity index (χ3v) is 3.78. The number of nitrogens with two attached hydrogens (primary N) is 1. The van der Waals surface area contributed by atoms with E-state index in [4.69, 9.17) is 10.5 Å². The van der Waals surface area contributed by atoms with Crippen molar-refractivity contribution < 1.29 is 4.74 Å². The lowest BCUT2D eigenvalue weighted by atomic mass is 10.0. The van der Waals surface area contributed by atoms with Crippen LogP contribution in [-0.4, -0.2) is 13.7 Å². The van der Waals surface area contributed by atoms with Crippen molar-refractivity contribution in [3.8, 4) is 5.75 Å². The van der Waals surface area contributed by atoms with Crippen LogP contribution in [0.15, 0.2) is 24.3 Å². The van der Waals surface area contributed by atoms with Crippen LogP contribution >= 0.6 is 0 Å². The van der Waals surface area contributed by atoms with E-state index in [0.29, 0.717) is 17.3 Å². The van der Waals surface area contributed by atoms with E-state index in [0.717, 1.165) is 12.3 Å². The molecule has 0 heterocycles. The van der Waals surface area contributed by atoms with Gasteiger partial charge in [-0.05, 0) is 35.4 Å². The second kappa shape index (κ2) is 3.53. The van der Waals surface area contributed by atoms with Crippen LogP contribution in [0.5, 0.6) is 5.75 Å². The maximum Gasteiger partial charge on any atom is 0.122 e. The van der Waals surface area contributed by atoms with E-state index in [1.165, 1.54) is 5.56 Å². The van der Waals surface area contributed by atoms with Crippen molar-refractivity contribution >= 4 is 0 Å². The van der Waals surface area contributed by atoms with E-state index in [1.807, 2.05) is 12.1 Å². The van der Waals surface area contributed by atoms with Gasteiger partial charge in [-0.15, -0.1) is 0 Å². The van der Waals surface area contributed by atoms with Gasteiger partial charge in [0.25, 0.3) is 0 Å². The molecule has 1 aromatic rings. The van der Waals surface area contributed by atoms with Gasteiger partial charge in [-0.25, -0.2) is 0 Å². The van der Waals surface area contributed by atoms with Gasteiger partial charge in [-0.2, -0.15) is 0 Å². The SMILES string of the molecule is COc1ccccc1C1C(CN)C1(C)C. The Morgan fingerprint density at radius 3 is 2.53 bits per heavy atom. The summed E-state index contributed by atoms with van der Waals surface area (Å²) < 4.78 is 5.39. The van der Waals surface area contributed by atoms with Crippen LogP contribution < -0.4 is 10.5 Å². The van der Waals surface area contributed by atoms with Crippen molar-refractivity contribution in [3.63, 3.8) is 0 Å². The number of para-hydroxylation sites is 1. The molecule has 1 aliphatic rings. The molecule has 2 heteroatoms. The topological polar surface area (TPSA) is 35.2 Å². The van der Waals surface area contributed by atoms with Gasteiger partial charge in [0.2, 0.25) is 0 Å². The van der Waals surface area contributed by atoms with Crippen molar-refractivity contribution in [2.75, 3.05) is 13.7 Å². The summed E-state index contributed by atoms with van der Waals surface area (Å²) >= 11 is 0. The minimum absolute atomic E-state index is 0.323. The highest BCUT2D eigenvalue weighted by molar-refractivity contribution is 5.42. The van der Waals surface area contributed by atoms with Crippen molar-refractivity contribution in [2.24, 2.45) is 17.1 Å². The zero-order valence-electron chi connectivity index (χ0n) is 9.66. The van der Waals surface area contributed by atoms with Crippen LogP contribution in [0.25, 0.3) is 0 Å². The lowest BCUT2D eigenvalue weighted by molar-refractivity contribution is 0.407. The Morgan fingerprint density at radius 2 is 2.00 bits per heavy atom. The minimum Gasteiger partial charge on any atom is -0.496 e. The van der Waals surface area contributed by atoms with E-state index in [9.17, 15) is 0 Å². The monoisotopic (exact) mass is 205 g/mol. The highest BCUT2D eigenvalue weighted by Crippen LogP contribution is 2.65. The number of rotatable bonds is 3. The highest BCUT2D eigenvalue weighted by Gasteiger charge is 2.57. The average molecular weight is 205 g/mol. The molecule has 1 aromatic carbocycles. The van der Waals surface area contributed by atoms with Crippen LogP contribution in [-0.2, 0) is 0 Å². The van der Waals surface area contributed by atoms with E-state index in [2.05, 4.69) is 26.0 Å². The molecule has 0 saturated heterocycles. The Hall–Kier alpha value is -1.02. The van der Waals surface area contributed by atoms with Crippen molar-refractivity contribution in [1.29, 1.82) is 0 Å². The minimum atomic E-state index is 0.323. The van der Waals surface area contributed by atoms with Crippen molar-refractivity contribution in [2.45, 2.75) is 19.8 Å². The molecule has 1 fully saturated rings. The number of hydrogen-bond acceptors (Lipinski definition) is 2. The molecule has 2 rings (SSSR count). The molecular formula is C13H19NO. The summed E-state index contributed by atoms with van der Waals surface area (Å²) in [6, 6.07) is 8.26. The first-order chi connectivity index (χ1) is 7.12. The summed E-state index contributed by atoms with van der Waals surface area (Å²) in [5, 5.41) is 0. The molecule has 0 aliphatic heterocycles. The largest absolute Gasteiger partial charge is 0.496 e. The van der Waals surface area contributed by atoms with Crippen LogP contribution in [0.1, 0.15) is 25.3 Å².